The molecule has 170 valence electrons. The van der Waals surface area contributed by atoms with Gasteiger partial charge in [-0.05, 0) is 64.1 Å². The Morgan fingerprint density at radius 3 is 2.67 bits per heavy atom. The van der Waals surface area contributed by atoms with Gasteiger partial charge in [0, 0.05) is 38.9 Å². The molecule has 4 rings (SSSR count). The van der Waals surface area contributed by atoms with Gasteiger partial charge in [0.1, 0.15) is 6.04 Å². The molecule has 4 unspecified atom stereocenters. The Balaban J connectivity index is 1.05. The molecular formula is C22H40N6O2. The molecule has 30 heavy (non-hydrogen) atoms. The minimum absolute atomic E-state index is 0.00379. The minimum atomic E-state index is -0.0234. The van der Waals surface area contributed by atoms with E-state index < -0.39 is 0 Å². The van der Waals surface area contributed by atoms with Crippen LogP contribution in [0.4, 0.5) is 0 Å². The third kappa shape index (κ3) is 5.52. The molecule has 0 spiro atoms. The van der Waals surface area contributed by atoms with E-state index in [1.54, 1.807) is 0 Å². The molecule has 4 aliphatic heterocycles. The number of likely N-dealkylation sites (N-methyl/N-ethyl adjacent to an activating group) is 1. The van der Waals surface area contributed by atoms with E-state index in [2.05, 4.69) is 31.1 Å². The van der Waals surface area contributed by atoms with Gasteiger partial charge in [-0.15, -0.1) is 0 Å². The summed E-state index contributed by atoms with van der Waals surface area (Å²) in [4.78, 5) is 29.2. The van der Waals surface area contributed by atoms with Gasteiger partial charge >= 0.3 is 0 Å². The van der Waals surface area contributed by atoms with Crippen LogP contribution in [-0.2, 0) is 9.59 Å². The third-order valence-corrected chi connectivity index (χ3v) is 7.54. The zero-order chi connectivity index (χ0) is 20.9. The molecular weight excluding hydrogens is 380 g/mol. The lowest BCUT2D eigenvalue weighted by Gasteiger charge is -2.33. The summed E-state index contributed by atoms with van der Waals surface area (Å²) in [6.07, 6.45) is 7.73. The monoisotopic (exact) mass is 420 g/mol. The van der Waals surface area contributed by atoms with E-state index in [0.29, 0.717) is 12.0 Å². The highest BCUT2D eigenvalue weighted by Gasteiger charge is 2.38. The molecule has 2 amide bonds. The second kappa shape index (κ2) is 10.4. The lowest BCUT2D eigenvalue weighted by atomic mass is 9.91. The standard InChI is InChI=1S/C22H40N6O2/c1-27-14-20(25-15-27)22(30)28-10-6-16(7-11-28)4-2-3-8-24-21(29)19-12-17-13-23-9-5-18(17)26-19/h16-20,23,25-26H,2-15H2,1H3,(H,24,29). The van der Waals surface area contributed by atoms with E-state index >= 15 is 0 Å². The number of hydrogen-bond donors (Lipinski definition) is 4. The summed E-state index contributed by atoms with van der Waals surface area (Å²) in [6, 6.07) is 0.491. The average molecular weight is 421 g/mol. The third-order valence-electron chi connectivity index (χ3n) is 7.54. The van der Waals surface area contributed by atoms with Crippen LogP contribution < -0.4 is 21.3 Å². The highest BCUT2D eigenvalue weighted by Crippen LogP contribution is 2.25. The van der Waals surface area contributed by atoms with Crippen LogP contribution >= 0.6 is 0 Å². The van der Waals surface area contributed by atoms with Crippen molar-refractivity contribution in [2.45, 2.75) is 63.1 Å². The van der Waals surface area contributed by atoms with Crippen LogP contribution in [0.15, 0.2) is 0 Å². The summed E-state index contributed by atoms with van der Waals surface area (Å²) >= 11 is 0. The van der Waals surface area contributed by atoms with Crippen molar-refractivity contribution in [3.63, 3.8) is 0 Å². The lowest BCUT2D eigenvalue weighted by Crippen LogP contribution is -2.48. The smallest absolute Gasteiger partial charge is 0.241 e. The van der Waals surface area contributed by atoms with Crippen LogP contribution in [0.25, 0.3) is 0 Å². The van der Waals surface area contributed by atoms with Crippen molar-refractivity contribution in [1.82, 2.24) is 31.1 Å². The first-order valence-electron chi connectivity index (χ1n) is 12.1. The molecule has 8 heteroatoms. The summed E-state index contributed by atoms with van der Waals surface area (Å²) in [7, 11) is 2.04. The number of rotatable bonds is 7. The number of fused-ring (bicyclic) bond motifs is 1. The van der Waals surface area contributed by atoms with Crippen molar-refractivity contribution in [2.24, 2.45) is 11.8 Å². The fourth-order valence-corrected chi connectivity index (χ4v) is 5.63. The molecule has 0 bridgehead atoms. The zero-order valence-corrected chi connectivity index (χ0v) is 18.5. The Morgan fingerprint density at radius 1 is 1.10 bits per heavy atom. The molecule has 4 N–H and O–H groups in total. The van der Waals surface area contributed by atoms with Crippen LogP contribution in [0.2, 0.25) is 0 Å². The first-order chi connectivity index (χ1) is 14.6. The topological polar surface area (TPSA) is 88.7 Å². The van der Waals surface area contributed by atoms with Crippen LogP contribution in [0.1, 0.15) is 44.9 Å². The highest BCUT2D eigenvalue weighted by atomic mass is 16.2. The maximum Gasteiger partial charge on any atom is 0.241 e. The summed E-state index contributed by atoms with van der Waals surface area (Å²) in [6.45, 7) is 6.30. The van der Waals surface area contributed by atoms with Crippen molar-refractivity contribution in [3.8, 4) is 0 Å². The fourth-order valence-electron chi connectivity index (χ4n) is 5.63. The van der Waals surface area contributed by atoms with Gasteiger partial charge in [-0.1, -0.05) is 12.8 Å². The number of amides is 2. The molecule has 0 aromatic rings. The second-order valence-electron chi connectivity index (χ2n) is 9.82. The van der Waals surface area contributed by atoms with Crippen molar-refractivity contribution >= 4 is 11.8 Å². The van der Waals surface area contributed by atoms with Gasteiger partial charge in [0.05, 0.1) is 6.04 Å². The van der Waals surface area contributed by atoms with E-state index in [1.807, 2.05) is 7.05 Å². The normalized spacial score (nSPS) is 32.9. The van der Waals surface area contributed by atoms with Crippen LogP contribution in [-0.4, -0.2) is 92.7 Å². The summed E-state index contributed by atoms with van der Waals surface area (Å²) in [5.74, 6) is 1.78. The average Bonchev–Trinajstić information content (AvgIpc) is 3.39. The Kier molecular flexibility index (Phi) is 7.62. The molecule has 0 aromatic carbocycles. The van der Waals surface area contributed by atoms with Crippen LogP contribution in [0.3, 0.4) is 0 Å². The predicted molar refractivity (Wildman–Crippen MR) is 117 cm³/mol. The highest BCUT2D eigenvalue weighted by molar-refractivity contribution is 5.82. The van der Waals surface area contributed by atoms with Crippen molar-refractivity contribution < 1.29 is 9.59 Å². The minimum Gasteiger partial charge on any atom is -0.355 e. The maximum atomic E-state index is 12.6. The number of hydrogen-bond acceptors (Lipinski definition) is 6. The summed E-state index contributed by atoms with van der Waals surface area (Å²) in [5.41, 5.74) is 0. The number of carbonyl (C=O) groups is 2. The van der Waals surface area contributed by atoms with Gasteiger partial charge in [-0.2, -0.15) is 0 Å². The van der Waals surface area contributed by atoms with E-state index in [-0.39, 0.29) is 23.9 Å². The molecule has 4 atom stereocenters. The molecule has 4 saturated heterocycles. The first kappa shape index (κ1) is 22.0. The molecule has 4 fully saturated rings. The summed E-state index contributed by atoms with van der Waals surface area (Å²) in [5, 5.41) is 13.4. The van der Waals surface area contributed by atoms with Gasteiger partial charge in [0.25, 0.3) is 0 Å². The van der Waals surface area contributed by atoms with E-state index in [4.69, 9.17) is 0 Å². The van der Waals surface area contributed by atoms with Gasteiger partial charge in [0.2, 0.25) is 11.8 Å². The van der Waals surface area contributed by atoms with Gasteiger partial charge in [-0.3, -0.25) is 19.8 Å². The van der Waals surface area contributed by atoms with Crippen molar-refractivity contribution in [2.75, 3.05) is 53.0 Å². The number of piperidine rings is 2. The maximum absolute atomic E-state index is 12.6. The van der Waals surface area contributed by atoms with Crippen molar-refractivity contribution in [3.05, 3.63) is 0 Å². The number of nitrogens with zero attached hydrogens (tertiary/aromatic N) is 2. The SMILES string of the molecule is CN1CNC(C(=O)N2CCC(CCCCNC(=O)C3CC4CNCCC4N3)CC2)C1. The van der Waals surface area contributed by atoms with Crippen LogP contribution in [0.5, 0.6) is 0 Å². The van der Waals surface area contributed by atoms with E-state index in [9.17, 15) is 9.59 Å². The quantitative estimate of drug-likeness (QED) is 0.424. The number of carbonyl (C=O) groups excluding carboxylic acids is 2. The predicted octanol–water partition coefficient (Wildman–Crippen LogP) is -0.287. The number of likely N-dealkylation sites (tertiary alicyclic amines) is 1. The van der Waals surface area contributed by atoms with Crippen LogP contribution in [0, 0.1) is 11.8 Å². The fraction of sp³-hybridized carbons (Fsp3) is 0.909. The molecule has 0 saturated carbocycles. The molecule has 4 aliphatic rings. The largest absolute Gasteiger partial charge is 0.355 e. The van der Waals surface area contributed by atoms with Gasteiger partial charge < -0.3 is 20.9 Å². The van der Waals surface area contributed by atoms with Gasteiger partial charge in [-0.25, -0.2) is 0 Å². The number of nitrogens with one attached hydrogen (secondary N) is 4. The van der Waals surface area contributed by atoms with E-state index in [1.165, 1.54) is 6.42 Å². The Bertz CT molecular complexity index is 580. The molecule has 4 heterocycles. The number of unbranched alkanes of at least 4 members (excludes halogenated alkanes) is 1. The first-order valence-corrected chi connectivity index (χ1v) is 12.1. The molecule has 8 nitrogen and oxygen atoms in total. The summed E-state index contributed by atoms with van der Waals surface area (Å²) < 4.78 is 0. The molecule has 0 aromatic heterocycles. The molecule has 0 radical (unpaired) electrons. The lowest BCUT2D eigenvalue weighted by molar-refractivity contribution is -0.134. The zero-order valence-electron chi connectivity index (χ0n) is 18.5. The Labute approximate surface area is 180 Å². The van der Waals surface area contributed by atoms with Crippen molar-refractivity contribution in [1.29, 1.82) is 0 Å². The second-order valence-corrected chi connectivity index (χ2v) is 9.82. The Morgan fingerprint density at radius 2 is 1.93 bits per heavy atom. The van der Waals surface area contributed by atoms with E-state index in [0.717, 1.165) is 90.4 Å². The molecule has 0 aliphatic carbocycles. The van der Waals surface area contributed by atoms with Gasteiger partial charge in [0.15, 0.2) is 0 Å². The Hall–Kier alpha value is -1.22.